The van der Waals surface area contributed by atoms with Gasteiger partial charge in [-0.15, -0.1) is 0 Å². The molecule has 0 atom stereocenters. The van der Waals surface area contributed by atoms with E-state index in [0.717, 1.165) is 4.90 Å². The lowest BCUT2D eigenvalue weighted by Gasteiger charge is -2.33. The molecule has 0 radical (unpaired) electrons. The predicted molar refractivity (Wildman–Crippen MR) is 48.2 cm³/mol. The minimum Gasteiger partial charge on any atom is -0.394 e. The van der Waals surface area contributed by atoms with E-state index in [-0.39, 0.29) is 0 Å². The van der Waals surface area contributed by atoms with E-state index in [0.29, 0.717) is 5.57 Å². The maximum atomic E-state index is 11.5. The van der Waals surface area contributed by atoms with Crippen LogP contribution in [0.2, 0.25) is 0 Å². The van der Waals surface area contributed by atoms with E-state index in [1.54, 1.807) is 0 Å². The van der Waals surface area contributed by atoms with E-state index in [4.69, 9.17) is 10.2 Å². The zero-order valence-corrected chi connectivity index (χ0v) is 8.15. The molecule has 0 unspecified atom stereocenters. The van der Waals surface area contributed by atoms with Crippen LogP contribution >= 0.6 is 0 Å². The monoisotopic (exact) mass is 199 g/mol. The van der Waals surface area contributed by atoms with Gasteiger partial charge in [-0.2, -0.15) is 0 Å². The van der Waals surface area contributed by atoms with Gasteiger partial charge in [0.25, 0.3) is 11.8 Å². The van der Waals surface area contributed by atoms with Gasteiger partial charge in [-0.3, -0.25) is 14.5 Å². The number of nitrogens with zero attached hydrogens (tertiary/aromatic N) is 1. The Labute approximate surface area is 81.6 Å². The number of carbonyl (C=O) groups excluding carboxylic acids is 2. The van der Waals surface area contributed by atoms with Crippen LogP contribution in [0.5, 0.6) is 0 Å². The summed E-state index contributed by atoms with van der Waals surface area (Å²) in [5.74, 6) is -0.946. The third-order valence-electron chi connectivity index (χ3n) is 2.32. The van der Waals surface area contributed by atoms with Crippen molar-refractivity contribution in [1.29, 1.82) is 0 Å². The first-order chi connectivity index (χ1) is 6.46. The second-order valence-electron chi connectivity index (χ2n) is 3.62. The Kier molecular flexibility index (Phi) is 2.73. The highest BCUT2D eigenvalue weighted by molar-refractivity contribution is 6.16. The van der Waals surface area contributed by atoms with Crippen molar-refractivity contribution >= 4 is 11.8 Å². The lowest BCUT2D eigenvalue weighted by atomic mass is 10.0. The van der Waals surface area contributed by atoms with Gasteiger partial charge >= 0.3 is 0 Å². The molecule has 0 aromatic heterocycles. The maximum absolute atomic E-state index is 11.5. The summed E-state index contributed by atoms with van der Waals surface area (Å²) in [5, 5.41) is 18.1. The largest absolute Gasteiger partial charge is 0.394 e. The van der Waals surface area contributed by atoms with Crippen molar-refractivity contribution in [1.82, 2.24) is 4.90 Å². The first-order valence-corrected chi connectivity index (χ1v) is 4.25. The summed E-state index contributed by atoms with van der Waals surface area (Å²) in [7, 11) is 0. The lowest BCUT2D eigenvalue weighted by molar-refractivity contribution is -0.147. The quantitative estimate of drug-likeness (QED) is 0.574. The molecule has 0 aromatic carbocycles. The smallest absolute Gasteiger partial charge is 0.257 e. The van der Waals surface area contributed by atoms with Crippen LogP contribution < -0.4 is 0 Å². The first kappa shape index (κ1) is 10.9. The molecule has 0 spiro atoms. The number of hydrogen-bond acceptors (Lipinski definition) is 4. The van der Waals surface area contributed by atoms with E-state index >= 15 is 0 Å². The molecule has 0 saturated heterocycles. The van der Waals surface area contributed by atoms with Crippen molar-refractivity contribution in [2.24, 2.45) is 0 Å². The third-order valence-corrected chi connectivity index (χ3v) is 2.32. The molecule has 14 heavy (non-hydrogen) atoms. The van der Waals surface area contributed by atoms with Gasteiger partial charge in [0.15, 0.2) is 0 Å². The second kappa shape index (κ2) is 3.51. The summed E-state index contributed by atoms with van der Waals surface area (Å²) < 4.78 is 0. The number of imide groups is 1. The number of aliphatic hydroxyl groups excluding tert-OH is 2. The van der Waals surface area contributed by atoms with E-state index in [1.165, 1.54) is 19.9 Å². The number of rotatable bonds is 3. The molecule has 2 N–H and O–H groups in total. The van der Waals surface area contributed by atoms with Crippen molar-refractivity contribution in [3.8, 4) is 0 Å². The molecule has 1 aliphatic heterocycles. The van der Waals surface area contributed by atoms with Crippen LogP contribution in [0, 0.1) is 0 Å². The average molecular weight is 199 g/mol. The molecule has 5 nitrogen and oxygen atoms in total. The summed E-state index contributed by atoms with van der Waals surface area (Å²) >= 11 is 0. The molecule has 1 rings (SSSR count). The highest BCUT2D eigenvalue weighted by atomic mass is 16.3. The number of aliphatic hydroxyl groups is 2. The standard InChI is InChI=1S/C9H13NO4/c1-6-3-7(13)10(8(6)14)9(2,4-11)5-12/h3,11-12H,4-5H2,1-2H3. The van der Waals surface area contributed by atoms with Gasteiger partial charge in [0, 0.05) is 11.6 Å². The molecule has 1 heterocycles. The van der Waals surface area contributed by atoms with Gasteiger partial charge in [0.2, 0.25) is 0 Å². The molecule has 5 heteroatoms. The Bertz CT molecular complexity index is 304. The topological polar surface area (TPSA) is 77.8 Å². The Balaban J connectivity index is 3.01. The van der Waals surface area contributed by atoms with Crippen LogP contribution in [0.3, 0.4) is 0 Å². The average Bonchev–Trinajstić information content (AvgIpc) is 2.41. The molecule has 0 aromatic rings. The van der Waals surface area contributed by atoms with Crippen LogP contribution in [0.4, 0.5) is 0 Å². The number of hydrogen-bond donors (Lipinski definition) is 2. The Morgan fingerprint density at radius 2 is 1.86 bits per heavy atom. The molecule has 0 aliphatic carbocycles. The molecular weight excluding hydrogens is 186 g/mol. The summed E-state index contributed by atoms with van der Waals surface area (Å²) in [6.45, 7) is 2.06. The zero-order chi connectivity index (χ0) is 10.9. The fourth-order valence-corrected chi connectivity index (χ4v) is 1.29. The van der Waals surface area contributed by atoms with E-state index in [9.17, 15) is 9.59 Å². The van der Waals surface area contributed by atoms with Gasteiger partial charge in [-0.1, -0.05) is 0 Å². The van der Waals surface area contributed by atoms with E-state index in [2.05, 4.69) is 0 Å². The SMILES string of the molecule is CC1=CC(=O)N(C(C)(CO)CO)C1=O. The zero-order valence-electron chi connectivity index (χ0n) is 8.15. The Morgan fingerprint density at radius 3 is 2.14 bits per heavy atom. The minimum atomic E-state index is -1.22. The predicted octanol–water partition coefficient (Wildman–Crippen LogP) is -0.955. The van der Waals surface area contributed by atoms with E-state index < -0.39 is 30.6 Å². The lowest BCUT2D eigenvalue weighted by Crippen LogP contribution is -2.55. The van der Waals surface area contributed by atoms with Crippen LogP contribution in [-0.2, 0) is 9.59 Å². The molecule has 0 saturated carbocycles. The van der Waals surface area contributed by atoms with Gasteiger partial charge in [-0.05, 0) is 13.8 Å². The van der Waals surface area contributed by atoms with Crippen LogP contribution in [0.1, 0.15) is 13.8 Å². The molecule has 0 fully saturated rings. The highest BCUT2D eigenvalue weighted by Crippen LogP contribution is 2.22. The first-order valence-electron chi connectivity index (χ1n) is 4.25. The van der Waals surface area contributed by atoms with Gasteiger partial charge < -0.3 is 10.2 Å². The Morgan fingerprint density at radius 1 is 1.36 bits per heavy atom. The van der Waals surface area contributed by atoms with Gasteiger partial charge in [0.1, 0.15) is 0 Å². The van der Waals surface area contributed by atoms with Crippen molar-refractivity contribution in [2.75, 3.05) is 13.2 Å². The molecule has 0 bridgehead atoms. The summed E-state index contributed by atoms with van der Waals surface area (Å²) in [5.41, 5.74) is -0.897. The van der Waals surface area contributed by atoms with Gasteiger partial charge in [-0.25, -0.2) is 0 Å². The van der Waals surface area contributed by atoms with Crippen molar-refractivity contribution in [3.05, 3.63) is 11.6 Å². The van der Waals surface area contributed by atoms with Crippen LogP contribution in [-0.4, -0.2) is 45.7 Å². The van der Waals surface area contributed by atoms with Gasteiger partial charge in [0.05, 0.1) is 18.8 Å². The summed E-state index contributed by atoms with van der Waals surface area (Å²) in [6, 6.07) is 0. The van der Waals surface area contributed by atoms with E-state index in [1.807, 2.05) is 0 Å². The molecule has 1 aliphatic rings. The molecular formula is C9H13NO4. The normalized spacial score (nSPS) is 17.7. The molecule has 78 valence electrons. The highest BCUT2D eigenvalue weighted by Gasteiger charge is 2.42. The number of amides is 2. The molecule has 2 amide bonds. The van der Waals surface area contributed by atoms with Crippen molar-refractivity contribution < 1.29 is 19.8 Å². The summed E-state index contributed by atoms with van der Waals surface area (Å²) in [4.78, 5) is 23.8. The van der Waals surface area contributed by atoms with Crippen molar-refractivity contribution in [2.45, 2.75) is 19.4 Å². The maximum Gasteiger partial charge on any atom is 0.257 e. The summed E-state index contributed by atoms with van der Waals surface area (Å²) in [6.07, 6.45) is 1.20. The minimum absolute atomic E-state index is 0.322. The van der Waals surface area contributed by atoms with Crippen molar-refractivity contribution in [3.63, 3.8) is 0 Å². The Hall–Kier alpha value is -1.20. The number of carbonyl (C=O) groups is 2. The van der Waals surface area contributed by atoms with Crippen LogP contribution in [0.25, 0.3) is 0 Å². The fourth-order valence-electron chi connectivity index (χ4n) is 1.29. The van der Waals surface area contributed by atoms with Crippen LogP contribution in [0.15, 0.2) is 11.6 Å². The fraction of sp³-hybridized carbons (Fsp3) is 0.556. The third kappa shape index (κ3) is 1.44. The second-order valence-corrected chi connectivity index (χ2v) is 3.62.